The average Bonchev–Trinajstić information content (AvgIpc) is 2.73. The summed E-state index contributed by atoms with van der Waals surface area (Å²) < 4.78 is 0. The summed E-state index contributed by atoms with van der Waals surface area (Å²) in [6.45, 7) is 10.0. The van der Waals surface area contributed by atoms with Crippen LogP contribution in [0.5, 0.6) is 0 Å². The summed E-state index contributed by atoms with van der Waals surface area (Å²) >= 11 is 0. The number of carbonyl (C=O) groups is 2. The van der Waals surface area contributed by atoms with Gasteiger partial charge in [0.05, 0.1) is 5.56 Å². The number of rotatable bonds is 14. The molecule has 158 valence electrons. The maximum absolute atomic E-state index is 12.3. The van der Waals surface area contributed by atoms with E-state index in [0.717, 1.165) is 25.7 Å². The molecule has 5 nitrogen and oxygen atoms in total. The Hall–Kier alpha value is -1.91. The zero-order valence-electron chi connectivity index (χ0n) is 18.2. The van der Waals surface area contributed by atoms with E-state index in [1.807, 2.05) is 0 Å². The Morgan fingerprint density at radius 1 is 0.857 bits per heavy atom. The molecular weight excluding hydrogens is 350 g/mol. The number of hydrogen-bond donors (Lipinski definition) is 2. The number of unbranched alkanes of at least 4 members (excludes halogenated alkanes) is 2. The number of hydrogen-bond acceptors (Lipinski definition) is 3. The third-order valence-corrected chi connectivity index (χ3v) is 5.45. The second-order valence-electron chi connectivity index (χ2n) is 7.69. The van der Waals surface area contributed by atoms with Gasteiger partial charge in [-0.3, -0.25) is 14.6 Å². The van der Waals surface area contributed by atoms with Crippen LogP contribution in [0.4, 0.5) is 0 Å². The van der Waals surface area contributed by atoms with Crippen molar-refractivity contribution >= 4 is 11.8 Å². The zero-order valence-corrected chi connectivity index (χ0v) is 18.2. The zero-order chi connectivity index (χ0) is 20.8. The molecule has 0 aromatic carbocycles. The lowest BCUT2D eigenvalue weighted by atomic mass is 9.99. The molecule has 1 heterocycles. The number of nitrogens with one attached hydrogen (secondary N) is 2. The largest absolute Gasteiger partial charge is 0.352 e. The Kier molecular flexibility index (Phi) is 12.2. The minimum absolute atomic E-state index is 0.125. The molecule has 0 spiro atoms. The van der Waals surface area contributed by atoms with Gasteiger partial charge in [-0.05, 0) is 36.8 Å². The Labute approximate surface area is 171 Å². The van der Waals surface area contributed by atoms with Crippen molar-refractivity contribution in [2.45, 2.75) is 79.1 Å². The second-order valence-corrected chi connectivity index (χ2v) is 7.69. The van der Waals surface area contributed by atoms with Gasteiger partial charge in [0.15, 0.2) is 0 Å². The summed E-state index contributed by atoms with van der Waals surface area (Å²) in [5.41, 5.74) is 0.854. The molecule has 2 N–H and O–H groups in total. The Morgan fingerprint density at radius 3 is 1.82 bits per heavy atom. The van der Waals surface area contributed by atoms with Gasteiger partial charge in [-0.1, -0.05) is 66.2 Å². The van der Waals surface area contributed by atoms with Crippen LogP contribution < -0.4 is 10.6 Å². The van der Waals surface area contributed by atoms with Gasteiger partial charge in [0.2, 0.25) is 0 Å². The van der Waals surface area contributed by atoms with Crippen LogP contribution in [0.3, 0.4) is 0 Å². The van der Waals surface area contributed by atoms with E-state index in [2.05, 4.69) is 43.3 Å². The molecule has 0 radical (unpaired) electrons. The van der Waals surface area contributed by atoms with Crippen molar-refractivity contribution in [1.29, 1.82) is 0 Å². The first-order valence-corrected chi connectivity index (χ1v) is 11.1. The van der Waals surface area contributed by atoms with Crippen LogP contribution in [-0.4, -0.2) is 29.9 Å². The summed E-state index contributed by atoms with van der Waals surface area (Å²) in [4.78, 5) is 28.8. The highest BCUT2D eigenvalue weighted by atomic mass is 16.2. The molecule has 1 aromatic heterocycles. The Bertz CT molecular complexity index is 521. The molecule has 2 amide bonds. The van der Waals surface area contributed by atoms with Crippen molar-refractivity contribution in [3.05, 3.63) is 29.6 Å². The van der Waals surface area contributed by atoms with E-state index in [1.165, 1.54) is 31.9 Å². The lowest BCUT2D eigenvalue weighted by molar-refractivity contribution is 0.0929. The smallest absolute Gasteiger partial charge is 0.269 e. The minimum atomic E-state index is -0.174. The third kappa shape index (κ3) is 8.85. The van der Waals surface area contributed by atoms with Crippen molar-refractivity contribution in [1.82, 2.24) is 15.6 Å². The fraction of sp³-hybridized carbons (Fsp3) is 0.696. The average molecular weight is 390 g/mol. The Morgan fingerprint density at radius 2 is 1.39 bits per heavy atom. The number of pyridine rings is 1. The molecule has 5 heteroatoms. The number of aromatic nitrogens is 1. The van der Waals surface area contributed by atoms with E-state index in [0.29, 0.717) is 36.2 Å². The molecular formula is C23H39N3O2. The molecule has 0 aliphatic carbocycles. The highest BCUT2D eigenvalue weighted by Crippen LogP contribution is 2.12. The SMILES string of the molecule is CCCCC(CC)CNC(=O)c1ccc(C(=O)NCC(CC)CCCC)nc1. The monoisotopic (exact) mass is 389 g/mol. The van der Waals surface area contributed by atoms with Gasteiger partial charge in [-0.15, -0.1) is 0 Å². The van der Waals surface area contributed by atoms with Crippen LogP contribution in [-0.2, 0) is 0 Å². The molecule has 0 aliphatic rings. The van der Waals surface area contributed by atoms with Crippen molar-refractivity contribution in [3.63, 3.8) is 0 Å². The fourth-order valence-electron chi connectivity index (χ4n) is 3.22. The van der Waals surface area contributed by atoms with E-state index >= 15 is 0 Å². The number of carbonyl (C=O) groups excluding carboxylic acids is 2. The third-order valence-electron chi connectivity index (χ3n) is 5.45. The van der Waals surface area contributed by atoms with Crippen LogP contribution in [0.15, 0.2) is 18.3 Å². The van der Waals surface area contributed by atoms with E-state index < -0.39 is 0 Å². The van der Waals surface area contributed by atoms with Gasteiger partial charge < -0.3 is 10.6 Å². The van der Waals surface area contributed by atoms with Crippen molar-refractivity contribution in [2.75, 3.05) is 13.1 Å². The molecule has 0 bridgehead atoms. The predicted octanol–water partition coefficient (Wildman–Crippen LogP) is 4.97. The molecule has 0 fully saturated rings. The first-order chi connectivity index (χ1) is 13.5. The van der Waals surface area contributed by atoms with Gasteiger partial charge in [0, 0.05) is 19.3 Å². The highest BCUT2D eigenvalue weighted by Gasteiger charge is 2.13. The first-order valence-electron chi connectivity index (χ1n) is 11.1. The lowest BCUT2D eigenvalue weighted by Crippen LogP contribution is -2.31. The molecule has 28 heavy (non-hydrogen) atoms. The maximum atomic E-state index is 12.3. The fourth-order valence-corrected chi connectivity index (χ4v) is 3.22. The summed E-state index contributed by atoms with van der Waals surface area (Å²) in [7, 11) is 0. The summed E-state index contributed by atoms with van der Waals surface area (Å²) in [5, 5.41) is 5.97. The summed E-state index contributed by atoms with van der Waals surface area (Å²) in [6, 6.07) is 3.31. The molecule has 0 aliphatic heterocycles. The van der Waals surface area contributed by atoms with Crippen LogP contribution in [0, 0.1) is 11.8 Å². The number of nitrogens with zero attached hydrogens (tertiary/aromatic N) is 1. The van der Waals surface area contributed by atoms with Crippen molar-refractivity contribution < 1.29 is 9.59 Å². The van der Waals surface area contributed by atoms with Gasteiger partial charge in [-0.25, -0.2) is 0 Å². The molecule has 2 unspecified atom stereocenters. The molecule has 1 rings (SSSR count). The van der Waals surface area contributed by atoms with Crippen LogP contribution in [0.25, 0.3) is 0 Å². The lowest BCUT2D eigenvalue weighted by Gasteiger charge is -2.16. The van der Waals surface area contributed by atoms with Gasteiger partial charge >= 0.3 is 0 Å². The van der Waals surface area contributed by atoms with E-state index in [1.54, 1.807) is 12.1 Å². The van der Waals surface area contributed by atoms with Crippen molar-refractivity contribution in [2.24, 2.45) is 11.8 Å². The minimum Gasteiger partial charge on any atom is -0.352 e. The van der Waals surface area contributed by atoms with E-state index in [9.17, 15) is 9.59 Å². The van der Waals surface area contributed by atoms with Crippen molar-refractivity contribution in [3.8, 4) is 0 Å². The molecule has 1 aromatic rings. The first kappa shape index (κ1) is 24.1. The predicted molar refractivity (Wildman–Crippen MR) is 116 cm³/mol. The second kappa shape index (κ2) is 14.1. The number of amides is 2. The van der Waals surface area contributed by atoms with Crippen LogP contribution in [0.2, 0.25) is 0 Å². The maximum Gasteiger partial charge on any atom is 0.269 e. The Balaban J connectivity index is 2.50. The topological polar surface area (TPSA) is 71.1 Å². The molecule has 0 saturated carbocycles. The van der Waals surface area contributed by atoms with Crippen LogP contribution in [0.1, 0.15) is 99.9 Å². The van der Waals surface area contributed by atoms with E-state index in [-0.39, 0.29) is 11.8 Å². The summed E-state index contributed by atoms with van der Waals surface area (Å²) in [5.74, 6) is 0.724. The quantitative estimate of drug-likeness (QED) is 0.472. The van der Waals surface area contributed by atoms with E-state index in [4.69, 9.17) is 0 Å². The normalized spacial score (nSPS) is 13.0. The van der Waals surface area contributed by atoms with Gasteiger partial charge in [0.1, 0.15) is 5.69 Å². The van der Waals surface area contributed by atoms with Gasteiger partial charge in [-0.2, -0.15) is 0 Å². The standard InChI is InChI=1S/C23H39N3O2/c1-5-9-11-18(7-3)15-25-22(27)20-13-14-21(24-17-20)23(28)26-16-19(8-4)12-10-6-2/h13-14,17-19H,5-12,15-16H2,1-4H3,(H,25,27)(H,26,28). The molecule has 2 atom stereocenters. The summed E-state index contributed by atoms with van der Waals surface area (Å²) in [6.07, 6.45) is 10.6. The molecule has 0 saturated heterocycles. The van der Waals surface area contributed by atoms with Crippen LogP contribution >= 0.6 is 0 Å². The highest BCUT2D eigenvalue weighted by molar-refractivity contribution is 5.96. The van der Waals surface area contributed by atoms with Gasteiger partial charge in [0.25, 0.3) is 11.8 Å².